The van der Waals surface area contributed by atoms with E-state index < -0.39 is 19.2 Å². The van der Waals surface area contributed by atoms with Crippen LogP contribution in [0.15, 0.2) is 18.2 Å². The molecule has 16 heavy (non-hydrogen) atoms. The normalized spacial score (nSPS) is 11.4. The summed E-state index contributed by atoms with van der Waals surface area (Å²) in [5.41, 5.74) is 0.447. The summed E-state index contributed by atoms with van der Waals surface area (Å²) in [5.74, 6) is -0.486. The summed E-state index contributed by atoms with van der Waals surface area (Å²) >= 11 is 3.08. The summed E-state index contributed by atoms with van der Waals surface area (Å²) in [6, 6.07) is 3.37. The Hall–Kier alpha value is -0.725. The predicted octanol–water partition coefficient (Wildman–Crippen LogP) is 1.16. The lowest BCUT2D eigenvalue weighted by Crippen LogP contribution is -2.33. The Kier molecular flexibility index (Phi) is 4.23. The zero-order valence-corrected chi connectivity index (χ0v) is 9.42. The minimum Gasteiger partial charge on any atom is -0.423 e. The number of alkyl halides is 4. The predicted molar refractivity (Wildman–Crippen MR) is 55.6 cm³/mol. The van der Waals surface area contributed by atoms with Crippen molar-refractivity contribution in [2.45, 2.75) is 11.7 Å². The van der Waals surface area contributed by atoms with E-state index in [9.17, 15) is 13.2 Å². The molecule has 0 aliphatic heterocycles. The van der Waals surface area contributed by atoms with E-state index >= 15 is 0 Å². The maximum atomic E-state index is 11.9. The van der Waals surface area contributed by atoms with Gasteiger partial charge < -0.3 is 14.8 Å². The molecule has 0 amide bonds. The quantitative estimate of drug-likeness (QED) is 0.650. The van der Waals surface area contributed by atoms with Crippen LogP contribution < -0.4 is 10.2 Å². The third-order valence-electron chi connectivity index (χ3n) is 1.77. The largest absolute Gasteiger partial charge is 0.573 e. The van der Waals surface area contributed by atoms with Crippen LogP contribution in [0.1, 0.15) is 5.56 Å². The van der Waals surface area contributed by atoms with Crippen molar-refractivity contribution in [3.63, 3.8) is 0 Å². The Bertz CT molecular complexity index is 370. The molecular formula is C8H7BBrF3O3. The van der Waals surface area contributed by atoms with Crippen LogP contribution in [-0.2, 0) is 5.33 Å². The number of benzene rings is 1. The molecule has 1 rings (SSSR count). The van der Waals surface area contributed by atoms with Gasteiger partial charge in [0.25, 0.3) is 0 Å². The Balaban J connectivity index is 3.02. The Morgan fingerprint density at radius 1 is 1.31 bits per heavy atom. The van der Waals surface area contributed by atoms with Gasteiger partial charge in [0, 0.05) is 5.33 Å². The van der Waals surface area contributed by atoms with Crippen LogP contribution in [0, 0.1) is 0 Å². The maximum Gasteiger partial charge on any atom is 0.573 e. The zero-order valence-electron chi connectivity index (χ0n) is 7.83. The lowest BCUT2D eigenvalue weighted by Gasteiger charge is -2.12. The summed E-state index contributed by atoms with van der Waals surface area (Å²) in [6.07, 6.45) is -4.80. The molecule has 0 radical (unpaired) electrons. The van der Waals surface area contributed by atoms with Gasteiger partial charge in [0.15, 0.2) is 0 Å². The van der Waals surface area contributed by atoms with Crippen molar-refractivity contribution in [2.75, 3.05) is 0 Å². The van der Waals surface area contributed by atoms with Gasteiger partial charge in [0.2, 0.25) is 0 Å². The fourth-order valence-electron chi connectivity index (χ4n) is 1.13. The van der Waals surface area contributed by atoms with Gasteiger partial charge in [0.05, 0.1) is 0 Å². The highest BCUT2D eigenvalue weighted by Crippen LogP contribution is 2.22. The molecule has 1 aromatic rings. The van der Waals surface area contributed by atoms with Crippen LogP contribution in [-0.4, -0.2) is 23.5 Å². The summed E-state index contributed by atoms with van der Waals surface area (Å²) in [7, 11) is -1.84. The van der Waals surface area contributed by atoms with Gasteiger partial charge in [-0.25, -0.2) is 0 Å². The molecule has 0 aromatic heterocycles. The van der Waals surface area contributed by atoms with Gasteiger partial charge in [-0.05, 0) is 23.2 Å². The molecule has 1 aromatic carbocycles. The Morgan fingerprint density at radius 3 is 2.38 bits per heavy atom. The molecule has 3 nitrogen and oxygen atoms in total. The molecule has 0 bridgehead atoms. The van der Waals surface area contributed by atoms with Crippen molar-refractivity contribution in [3.8, 4) is 5.75 Å². The van der Waals surface area contributed by atoms with E-state index in [0.717, 1.165) is 12.1 Å². The van der Waals surface area contributed by atoms with Gasteiger partial charge in [-0.15, -0.1) is 13.2 Å². The van der Waals surface area contributed by atoms with Crippen molar-refractivity contribution in [1.29, 1.82) is 0 Å². The summed E-state index contributed by atoms with van der Waals surface area (Å²) in [5, 5.41) is 18.2. The van der Waals surface area contributed by atoms with Crippen LogP contribution in [0.2, 0.25) is 0 Å². The molecule has 0 saturated heterocycles. The molecule has 0 fully saturated rings. The minimum absolute atomic E-state index is 0.0291. The third-order valence-corrected chi connectivity index (χ3v) is 2.38. The van der Waals surface area contributed by atoms with Crippen LogP contribution in [0.25, 0.3) is 0 Å². The van der Waals surface area contributed by atoms with Crippen molar-refractivity contribution < 1.29 is 28.0 Å². The monoisotopic (exact) mass is 298 g/mol. The first kappa shape index (κ1) is 13.3. The summed E-state index contributed by atoms with van der Waals surface area (Å²) < 4.78 is 39.4. The average molecular weight is 299 g/mol. The van der Waals surface area contributed by atoms with E-state index in [0.29, 0.717) is 10.9 Å². The standard InChI is InChI=1S/C8H7BBrF3O3/c10-4-5-1-2-6(16-8(11,12)13)3-7(5)9(14)15/h1-3,14-15H,4H2. The van der Waals surface area contributed by atoms with Gasteiger partial charge >= 0.3 is 13.5 Å². The van der Waals surface area contributed by atoms with E-state index in [4.69, 9.17) is 10.0 Å². The molecule has 88 valence electrons. The molecule has 0 aliphatic rings. The first-order valence-electron chi connectivity index (χ1n) is 4.14. The van der Waals surface area contributed by atoms with Crippen molar-refractivity contribution in [3.05, 3.63) is 23.8 Å². The second kappa shape index (κ2) is 5.07. The van der Waals surface area contributed by atoms with Crippen LogP contribution in [0.4, 0.5) is 13.2 Å². The number of ether oxygens (including phenoxy) is 1. The van der Waals surface area contributed by atoms with Gasteiger partial charge in [0.1, 0.15) is 5.75 Å². The number of halogens is 4. The van der Waals surface area contributed by atoms with E-state index in [1.807, 2.05) is 0 Å². The molecule has 2 N–H and O–H groups in total. The lowest BCUT2D eigenvalue weighted by atomic mass is 9.77. The maximum absolute atomic E-state index is 11.9. The van der Waals surface area contributed by atoms with E-state index in [1.165, 1.54) is 6.07 Å². The minimum atomic E-state index is -4.80. The van der Waals surface area contributed by atoms with Gasteiger partial charge in [-0.1, -0.05) is 22.0 Å². The lowest BCUT2D eigenvalue weighted by molar-refractivity contribution is -0.274. The van der Waals surface area contributed by atoms with Crippen LogP contribution in [0.3, 0.4) is 0 Å². The highest BCUT2D eigenvalue weighted by atomic mass is 79.9. The fraction of sp³-hybridized carbons (Fsp3) is 0.250. The van der Waals surface area contributed by atoms with E-state index in [1.54, 1.807) is 0 Å². The molecule has 0 aliphatic carbocycles. The zero-order chi connectivity index (χ0) is 12.3. The van der Waals surface area contributed by atoms with E-state index in [-0.39, 0.29) is 5.46 Å². The van der Waals surface area contributed by atoms with Crippen molar-refractivity contribution in [1.82, 2.24) is 0 Å². The van der Waals surface area contributed by atoms with Gasteiger partial charge in [-0.2, -0.15) is 0 Å². The molecule has 0 atom stereocenters. The van der Waals surface area contributed by atoms with Crippen molar-refractivity contribution in [2.24, 2.45) is 0 Å². The Morgan fingerprint density at radius 2 is 1.94 bits per heavy atom. The van der Waals surface area contributed by atoms with Crippen LogP contribution in [0.5, 0.6) is 5.75 Å². The smallest absolute Gasteiger partial charge is 0.423 e. The molecule has 0 unspecified atom stereocenters. The van der Waals surface area contributed by atoms with Gasteiger partial charge in [-0.3, -0.25) is 0 Å². The molecule has 0 spiro atoms. The first-order chi connectivity index (χ1) is 7.33. The third kappa shape index (κ3) is 3.69. The average Bonchev–Trinajstić information content (AvgIpc) is 2.15. The SMILES string of the molecule is OB(O)c1cc(OC(F)(F)F)ccc1CBr. The molecule has 0 heterocycles. The Labute approximate surface area is 98.1 Å². The number of hydrogen-bond acceptors (Lipinski definition) is 3. The highest BCUT2D eigenvalue weighted by molar-refractivity contribution is 9.08. The van der Waals surface area contributed by atoms with Crippen molar-refractivity contribution >= 4 is 28.5 Å². The fourth-order valence-corrected chi connectivity index (χ4v) is 1.64. The molecule has 8 heteroatoms. The number of rotatable bonds is 3. The number of hydrogen-bond donors (Lipinski definition) is 2. The highest BCUT2D eigenvalue weighted by Gasteiger charge is 2.31. The van der Waals surface area contributed by atoms with Crippen LogP contribution >= 0.6 is 15.9 Å². The summed E-state index contributed by atoms with van der Waals surface area (Å²) in [4.78, 5) is 0. The summed E-state index contributed by atoms with van der Waals surface area (Å²) in [6.45, 7) is 0. The second-order valence-electron chi connectivity index (χ2n) is 2.92. The first-order valence-corrected chi connectivity index (χ1v) is 5.26. The van der Waals surface area contributed by atoms with E-state index in [2.05, 4.69) is 20.7 Å². The topological polar surface area (TPSA) is 49.7 Å². The molecular weight excluding hydrogens is 292 g/mol. The molecule has 0 saturated carbocycles. The second-order valence-corrected chi connectivity index (χ2v) is 3.48.